The second-order valence-electron chi connectivity index (χ2n) is 5.97. The summed E-state index contributed by atoms with van der Waals surface area (Å²) in [6.07, 6.45) is -0.149. The Morgan fingerprint density at radius 1 is 1.28 bits per heavy atom. The van der Waals surface area contributed by atoms with Gasteiger partial charge in [-0.2, -0.15) is 10.4 Å². The zero-order valence-electron chi connectivity index (χ0n) is 13.7. The maximum absolute atomic E-state index is 12.4. The molecule has 0 unspecified atom stereocenters. The minimum atomic E-state index is -0.217. The normalized spacial score (nSPS) is 12.2. The standard InChI is InChI=1S/C20H15N3OS/c1-13-7-8-18-15(11-13)20-16(12-25-18)19(17(24)9-10-21)22-23(20)14-5-3-2-4-6-14/h2-8,11H,9,12H2,1H3. The molecule has 1 aliphatic heterocycles. The highest BCUT2D eigenvalue weighted by Crippen LogP contribution is 2.44. The minimum Gasteiger partial charge on any atom is -0.291 e. The Bertz CT molecular complexity index is 1020. The van der Waals surface area contributed by atoms with Crippen molar-refractivity contribution in [2.75, 3.05) is 0 Å². The number of rotatable bonds is 3. The molecule has 0 N–H and O–H groups in total. The molecule has 0 saturated carbocycles. The Morgan fingerprint density at radius 2 is 2.08 bits per heavy atom. The molecule has 0 fully saturated rings. The first kappa shape index (κ1) is 15.7. The summed E-state index contributed by atoms with van der Waals surface area (Å²) in [6, 6.07) is 18.1. The first-order valence-corrected chi connectivity index (χ1v) is 8.99. The van der Waals surface area contributed by atoms with Crippen LogP contribution in [0.15, 0.2) is 53.4 Å². The van der Waals surface area contributed by atoms with E-state index in [2.05, 4.69) is 30.2 Å². The van der Waals surface area contributed by atoms with Crippen LogP contribution < -0.4 is 0 Å². The van der Waals surface area contributed by atoms with Crippen LogP contribution in [0.25, 0.3) is 16.9 Å². The highest BCUT2D eigenvalue weighted by molar-refractivity contribution is 7.98. The predicted molar refractivity (Wildman–Crippen MR) is 97.9 cm³/mol. The van der Waals surface area contributed by atoms with Gasteiger partial charge in [0.1, 0.15) is 12.1 Å². The third-order valence-electron chi connectivity index (χ3n) is 4.25. The molecule has 5 heteroatoms. The number of fused-ring (bicyclic) bond motifs is 3. The van der Waals surface area contributed by atoms with Crippen LogP contribution in [-0.4, -0.2) is 15.6 Å². The van der Waals surface area contributed by atoms with Crippen LogP contribution in [0.2, 0.25) is 0 Å². The molecule has 0 amide bonds. The summed E-state index contributed by atoms with van der Waals surface area (Å²) < 4.78 is 1.85. The summed E-state index contributed by atoms with van der Waals surface area (Å²) in [4.78, 5) is 13.6. The van der Waals surface area contributed by atoms with E-state index in [1.165, 1.54) is 4.90 Å². The van der Waals surface area contributed by atoms with Crippen molar-refractivity contribution in [3.63, 3.8) is 0 Å². The second kappa shape index (κ2) is 6.23. The molecular weight excluding hydrogens is 330 g/mol. The van der Waals surface area contributed by atoms with Crippen LogP contribution in [0.3, 0.4) is 0 Å². The number of nitrogens with zero attached hydrogens (tertiary/aromatic N) is 3. The fraction of sp³-hybridized carbons (Fsp3) is 0.150. The molecule has 0 radical (unpaired) electrons. The number of carbonyl (C=O) groups excluding carboxylic acids is 1. The van der Waals surface area contributed by atoms with Crippen LogP contribution >= 0.6 is 11.8 Å². The van der Waals surface area contributed by atoms with E-state index in [1.54, 1.807) is 11.8 Å². The Morgan fingerprint density at radius 3 is 2.84 bits per heavy atom. The summed E-state index contributed by atoms with van der Waals surface area (Å²) in [6.45, 7) is 2.06. The molecule has 0 aliphatic carbocycles. The lowest BCUT2D eigenvalue weighted by Crippen LogP contribution is -2.03. The average molecular weight is 345 g/mol. The number of thioether (sulfide) groups is 1. The van der Waals surface area contributed by atoms with E-state index in [0.717, 1.165) is 28.1 Å². The second-order valence-corrected chi connectivity index (χ2v) is 6.99. The minimum absolute atomic E-state index is 0.149. The molecule has 2 aromatic carbocycles. The Kier molecular flexibility index (Phi) is 3.90. The SMILES string of the molecule is Cc1ccc2c(c1)-c1c(c(C(=O)CC#N)nn1-c1ccccc1)CS2. The van der Waals surface area contributed by atoms with E-state index in [-0.39, 0.29) is 12.2 Å². The van der Waals surface area contributed by atoms with Crippen molar-refractivity contribution < 1.29 is 4.79 Å². The number of nitriles is 1. The van der Waals surface area contributed by atoms with Gasteiger partial charge in [-0.15, -0.1) is 11.8 Å². The molecule has 4 nitrogen and oxygen atoms in total. The topological polar surface area (TPSA) is 58.7 Å². The monoisotopic (exact) mass is 345 g/mol. The number of hydrogen-bond acceptors (Lipinski definition) is 4. The number of aryl methyl sites for hydroxylation is 1. The van der Waals surface area contributed by atoms with E-state index in [1.807, 2.05) is 41.1 Å². The number of benzene rings is 2. The quantitative estimate of drug-likeness (QED) is 0.654. The highest BCUT2D eigenvalue weighted by Gasteiger charge is 2.29. The lowest BCUT2D eigenvalue weighted by atomic mass is 10.0. The van der Waals surface area contributed by atoms with Crippen LogP contribution in [0.4, 0.5) is 0 Å². The van der Waals surface area contributed by atoms with Gasteiger partial charge in [0.15, 0.2) is 5.78 Å². The number of para-hydroxylation sites is 1. The zero-order valence-corrected chi connectivity index (χ0v) is 14.5. The first-order valence-electron chi connectivity index (χ1n) is 8.00. The molecule has 1 aromatic heterocycles. The molecule has 0 atom stereocenters. The smallest absolute Gasteiger partial charge is 0.197 e. The van der Waals surface area contributed by atoms with E-state index in [0.29, 0.717) is 11.4 Å². The Hall–Kier alpha value is -2.84. The summed E-state index contributed by atoms with van der Waals surface area (Å²) in [5.41, 5.74) is 5.47. The third kappa shape index (κ3) is 2.65. The fourth-order valence-corrected chi connectivity index (χ4v) is 4.15. The van der Waals surface area contributed by atoms with Crippen LogP contribution in [0.1, 0.15) is 28.0 Å². The van der Waals surface area contributed by atoms with Crippen molar-refractivity contribution in [3.8, 4) is 23.0 Å². The van der Waals surface area contributed by atoms with Crippen molar-refractivity contribution in [2.45, 2.75) is 24.0 Å². The molecule has 4 rings (SSSR count). The molecule has 25 heavy (non-hydrogen) atoms. The van der Waals surface area contributed by atoms with Crippen molar-refractivity contribution >= 4 is 17.5 Å². The van der Waals surface area contributed by atoms with Gasteiger partial charge >= 0.3 is 0 Å². The fourth-order valence-electron chi connectivity index (χ4n) is 3.10. The highest BCUT2D eigenvalue weighted by atomic mass is 32.2. The van der Waals surface area contributed by atoms with Gasteiger partial charge in [-0.3, -0.25) is 4.79 Å². The Balaban J connectivity index is 2.00. The summed E-state index contributed by atoms with van der Waals surface area (Å²) in [5, 5.41) is 13.5. The van der Waals surface area contributed by atoms with Gasteiger partial charge in [0.2, 0.25) is 0 Å². The van der Waals surface area contributed by atoms with Crippen molar-refractivity contribution in [3.05, 3.63) is 65.4 Å². The van der Waals surface area contributed by atoms with Gasteiger partial charge in [0, 0.05) is 21.8 Å². The van der Waals surface area contributed by atoms with Gasteiger partial charge in [0.25, 0.3) is 0 Å². The van der Waals surface area contributed by atoms with E-state index in [9.17, 15) is 4.79 Å². The molecule has 2 heterocycles. The molecule has 0 spiro atoms. The molecule has 122 valence electrons. The molecule has 1 aliphatic rings. The lowest BCUT2D eigenvalue weighted by molar-refractivity contribution is 0.0992. The first-order chi connectivity index (χ1) is 12.2. The van der Waals surface area contributed by atoms with Crippen molar-refractivity contribution in [1.29, 1.82) is 5.26 Å². The van der Waals surface area contributed by atoms with Crippen LogP contribution in [0.5, 0.6) is 0 Å². The van der Waals surface area contributed by atoms with Crippen LogP contribution in [-0.2, 0) is 5.75 Å². The van der Waals surface area contributed by atoms with Gasteiger partial charge in [0.05, 0.1) is 17.5 Å². The maximum atomic E-state index is 12.4. The van der Waals surface area contributed by atoms with Crippen molar-refractivity contribution in [1.82, 2.24) is 9.78 Å². The van der Waals surface area contributed by atoms with Gasteiger partial charge in [-0.1, -0.05) is 29.8 Å². The maximum Gasteiger partial charge on any atom is 0.197 e. The number of Topliss-reactive ketones (excluding diaryl/α,β-unsaturated/α-hetero) is 1. The summed E-state index contributed by atoms with van der Waals surface area (Å²) >= 11 is 1.71. The van der Waals surface area contributed by atoms with Crippen LogP contribution in [0, 0.1) is 18.3 Å². The zero-order chi connectivity index (χ0) is 17.4. The third-order valence-corrected chi connectivity index (χ3v) is 5.35. The van der Waals surface area contributed by atoms with E-state index < -0.39 is 0 Å². The predicted octanol–water partition coefficient (Wildman–Crippen LogP) is 4.55. The molecule has 3 aromatic rings. The number of aromatic nitrogens is 2. The van der Waals surface area contributed by atoms with Crippen molar-refractivity contribution in [2.24, 2.45) is 0 Å². The lowest BCUT2D eigenvalue weighted by Gasteiger charge is -2.19. The number of ketones is 1. The van der Waals surface area contributed by atoms with E-state index >= 15 is 0 Å². The number of carbonyl (C=O) groups is 1. The largest absolute Gasteiger partial charge is 0.291 e. The number of hydrogen-bond donors (Lipinski definition) is 0. The molecule has 0 saturated heterocycles. The average Bonchev–Trinajstić information content (AvgIpc) is 3.03. The molecule has 0 bridgehead atoms. The van der Waals surface area contributed by atoms with Gasteiger partial charge < -0.3 is 0 Å². The summed E-state index contributed by atoms with van der Waals surface area (Å²) in [5.74, 6) is 0.468. The van der Waals surface area contributed by atoms with Gasteiger partial charge in [-0.25, -0.2) is 4.68 Å². The van der Waals surface area contributed by atoms with E-state index in [4.69, 9.17) is 5.26 Å². The van der Waals surface area contributed by atoms with Gasteiger partial charge in [-0.05, 0) is 31.2 Å². The molecular formula is C20H15N3OS. The Labute approximate surface area is 150 Å². The summed E-state index contributed by atoms with van der Waals surface area (Å²) in [7, 11) is 0.